The summed E-state index contributed by atoms with van der Waals surface area (Å²) >= 11 is 0. The highest BCUT2D eigenvalue weighted by Gasteiger charge is 2.65. The summed E-state index contributed by atoms with van der Waals surface area (Å²) in [7, 11) is -2.00. The molecule has 0 spiro atoms. The average molecular weight is 377 g/mol. The fourth-order valence-electron chi connectivity index (χ4n) is 3.64. The Balaban J connectivity index is 1.74. The summed E-state index contributed by atoms with van der Waals surface area (Å²) in [4.78, 5) is 13.0. The van der Waals surface area contributed by atoms with Gasteiger partial charge in [-0.15, -0.1) is 0 Å². The van der Waals surface area contributed by atoms with E-state index in [9.17, 15) is 4.79 Å². The van der Waals surface area contributed by atoms with Crippen molar-refractivity contribution in [2.24, 2.45) is 5.92 Å². The predicted octanol–water partition coefficient (Wildman–Crippen LogP) is 4.34. The van der Waals surface area contributed by atoms with Crippen LogP contribution in [0.25, 0.3) is 0 Å². The van der Waals surface area contributed by atoms with E-state index in [-0.39, 0.29) is 35.6 Å². The van der Waals surface area contributed by atoms with Crippen LogP contribution in [-0.4, -0.2) is 38.5 Å². The number of ether oxygens (including phenoxy) is 2. The molecular formula is C21H32O4Si. The fourth-order valence-corrected chi connectivity index (χ4v) is 4.99. The standard InChI is InChI=1S/C21H32O4Si/c1-15-17-12-18(25-26(5,6)20(2,3)4)21(24-17,19(15)22)14-23-13-16-10-8-7-9-11-16/h7-11,15,17-18H,12-14H2,1-6H3/t15-,17+,18+,21-/m0/s1. The van der Waals surface area contributed by atoms with Crippen LogP contribution in [0, 0.1) is 5.92 Å². The molecule has 2 saturated heterocycles. The second-order valence-corrected chi connectivity index (χ2v) is 14.0. The molecule has 0 N–H and O–H groups in total. The van der Waals surface area contributed by atoms with E-state index in [1.807, 2.05) is 37.3 Å². The molecule has 0 amide bonds. The number of benzene rings is 1. The Morgan fingerprint density at radius 1 is 1.23 bits per heavy atom. The molecule has 0 aromatic heterocycles. The third-order valence-electron chi connectivity index (χ3n) is 6.39. The highest BCUT2D eigenvalue weighted by molar-refractivity contribution is 6.74. The number of hydrogen-bond acceptors (Lipinski definition) is 4. The molecule has 1 aromatic rings. The van der Waals surface area contributed by atoms with Gasteiger partial charge in [0.15, 0.2) is 19.7 Å². The van der Waals surface area contributed by atoms with Gasteiger partial charge in [-0.3, -0.25) is 4.79 Å². The first-order chi connectivity index (χ1) is 12.1. The molecule has 5 heteroatoms. The molecule has 1 aromatic carbocycles. The zero-order chi connectivity index (χ0) is 19.2. The average Bonchev–Trinajstić information content (AvgIpc) is 3.02. The topological polar surface area (TPSA) is 44.8 Å². The van der Waals surface area contributed by atoms with Crippen LogP contribution >= 0.6 is 0 Å². The van der Waals surface area contributed by atoms with Crippen molar-refractivity contribution in [3.05, 3.63) is 35.9 Å². The highest BCUT2D eigenvalue weighted by atomic mass is 28.4. The summed E-state index contributed by atoms with van der Waals surface area (Å²) in [5.41, 5.74) is 0.160. The molecular weight excluding hydrogens is 344 g/mol. The molecule has 26 heavy (non-hydrogen) atoms. The molecule has 0 saturated carbocycles. The molecule has 4 nitrogen and oxygen atoms in total. The molecule has 0 unspecified atom stereocenters. The van der Waals surface area contributed by atoms with E-state index < -0.39 is 13.9 Å². The fraction of sp³-hybridized carbons (Fsp3) is 0.667. The second-order valence-electron chi connectivity index (χ2n) is 9.28. The van der Waals surface area contributed by atoms with Crippen LogP contribution < -0.4 is 0 Å². The van der Waals surface area contributed by atoms with Crippen molar-refractivity contribution >= 4 is 14.1 Å². The van der Waals surface area contributed by atoms with E-state index in [0.29, 0.717) is 6.61 Å². The zero-order valence-corrected chi connectivity index (χ0v) is 17.9. The van der Waals surface area contributed by atoms with Gasteiger partial charge in [-0.2, -0.15) is 0 Å². The summed E-state index contributed by atoms with van der Waals surface area (Å²) < 4.78 is 18.8. The van der Waals surface area contributed by atoms with E-state index in [2.05, 4.69) is 33.9 Å². The Morgan fingerprint density at radius 3 is 2.46 bits per heavy atom. The minimum atomic E-state index is -2.00. The molecule has 2 aliphatic rings. The van der Waals surface area contributed by atoms with E-state index in [4.69, 9.17) is 13.9 Å². The van der Waals surface area contributed by atoms with Gasteiger partial charge >= 0.3 is 0 Å². The van der Waals surface area contributed by atoms with Gasteiger partial charge in [0.2, 0.25) is 0 Å². The number of hydrogen-bond donors (Lipinski definition) is 0. The van der Waals surface area contributed by atoms with E-state index in [0.717, 1.165) is 12.0 Å². The second kappa shape index (κ2) is 6.86. The lowest BCUT2D eigenvalue weighted by Crippen LogP contribution is -2.57. The number of Topliss-reactive ketones (excluding diaryl/α,β-unsaturated/α-hetero) is 1. The number of ketones is 1. The van der Waals surface area contributed by atoms with Gasteiger partial charge in [0.1, 0.15) is 0 Å². The van der Waals surface area contributed by atoms with Gasteiger partial charge in [0, 0.05) is 12.3 Å². The van der Waals surface area contributed by atoms with Crippen LogP contribution in [0.4, 0.5) is 0 Å². The van der Waals surface area contributed by atoms with Gasteiger partial charge < -0.3 is 13.9 Å². The number of fused-ring (bicyclic) bond motifs is 2. The Bertz CT molecular complexity index is 652. The van der Waals surface area contributed by atoms with Gasteiger partial charge in [-0.05, 0) is 23.7 Å². The lowest BCUT2D eigenvalue weighted by atomic mass is 9.79. The predicted molar refractivity (Wildman–Crippen MR) is 105 cm³/mol. The Kier molecular flexibility index (Phi) is 5.21. The van der Waals surface area contributed by atoms with Crippen molar-refractivity contribution in [3.63, 3.8) is 0 Å². The minimum Gasteiger partial charge on any atom is -0.410 e. The summed E-state index contributed by atoms with van der Waals surface area (Å²) in [5, 5.41) is 0.0928. The molecule has 2 aliphatic heterocycles. The van der Waals surface area contributed by atoms with Gasteiger partial charge in [-0.25, -0.2) is 0 Å². The lowest BCUT2D eigenvalue weighted by Gasteiger charge is -2.42. The summed E-state index contributed by atoms with van der Waals surface area (Å²) in [6, 6.07) is 10.0. The first kappa shape index (κ1) is 19.7. The van der Waals surface area contributed by atoms with Gasteiger partial charge in [0.05, 0.1) is 25.4 Å². The first-order valence-corrected chi connectivity index (χ1v) is 12.5. The maximum atomic E-state index is 13.0. The molecule has 3 rings (SSSR count). The van der Waals surface area contributed by atoms with Crippen LogP contribution in [0.2, 0.25) is 18.1 Å². The lowest BCUT2D eigenvalue weighted by molar-refractivity contribution is -0.148. The van der Waals surface area contributed by atoms with Crippen molar-refractivity contribution < 1.29 is 18.7 Å². The van der Waals surface area contributed by atoms with Crippen molar-refractivity contribution in [1.82, 2.24) is 0 Å². The van der Waals surface area contributed by atoms with Crippen LogP contribution in [-0.2, 0) is 25.3 Å². The van der Waals surface area contributed by atoms with Gasteiger partial charge in [0.25, 0.3) is 0 Å². The molecule has 0 radical (unpaired) electrons. The normalized spacial score (nSPS) is 31.6. The van der Waals surface area contributed by atoms with Crippen LogP contribution in [0.5, 0.6) is 0 Å². The largest absolute Gasteiger partial charge is 0.410 e. The maximum Gasteiger partial charge on any atom is 0.192 e. The number of rotatable bonds is 6. The van der Waals surface area contributed by atoms with Crippen LogP contribution in [0.3, 0.4) is 0 Å². The van der Waals surface area contributed by atoms with E-state index in [1.54, 1.807) is 0 Å². The van der Waals surface area contributed by atoms with Crippen molar-refractivity contribution in [3.8, 4) is 0 Å². The first-order valence-electron chi connectivity index (χ1n) is 9.58. The van der Waals surface area contributed by atoms with Crippen LogP contribution in [0.15, 0.2) is 30.3 Å². The minimum absolute atomic E-state index is 0.0439. The quantitative estimate of drug-likeness (QED) is 0.693. The third-order valence-corrected chi connectivity index (χ3v) is 10.9. The third kappa shape index (κ3) is 3.42. The molecule has 2 bridgehead atoms. The maximum absolute atomic E-state index is 13.0. The zero-order valence-electron chi connectivity index (χ0n) is 16.9. The SMILES string of the molecule is C[C@@H]1C(=O)[C@@]2(COCc3ccccc3)O[C@@H]1C[C@H]2O[Si](C)(C)C(C)(C)C. The molecule has 2 heterocycles. The number of carbonyl (C=O) groups excluding carboxylic acids is 1. The smallest absolute Gasteiger partial charge is 0.192 e. The molecule has 4 atom stereocenters. The highest BCUT2D eigenvalue weighted by Crippen LogP contribution is 2.49. The van der Waals surface area contributed by atoms with E-state index >= 15 is 0 Å². The summed E-state index contributed by atoms with van der Waals surface area (Å²) in [6.07, 6.45) is 0.541. The van der Waals surface area contributed by atoms with Crippen molar-refractivity contribution in [1.29, 1.82) is 0 Å². The van der Waals surface area contributed by atoms with Gasteiger partial charge in [-0.1, -0.05) is 58.0 Å². The molecule has 0 aliphatic carbocycles. The van der Waals surface area contributed by atoms with Crippen molar-refractivity contribution in [2.75, 3.05) is 6.61 Å². The van der Waals surface area contributed by atoms with E-state index in [1.165, 1.54) is 0 Å². The van der Waals surface area contributed by atoms with Crippen LogP contribution in [0.1, 0.15) is 39.7 Å². The number of carbonyl (C=O) groups is 1. The monoisotopic (exact) mass is 376 g/mol. The Morgan fingerprint density at radius 2 is 1.88 bits per heavy atom. The summed E-state index contributed by atoms with van der Waals surface area (Å²) in [5.74, 6) is 0.0695. The Labute approximate surface area is 158 Å². The molecule has 144 valence electrons. The van der Waals surface area contributed by atoms with Crippen molar-refractivity contribution in [2.45, 2.75) is 76.7 Å². The Hall–Kier alpha value is -1.01. The molecule has 2 fully saturated rings. The summed E-state index contributed by atoms with van der Waals surface area (Å²) in [6.45, 7) is 13.8.